The molecule has 1 unspecified atom stereocenters. The van der Waals surface area contributed by atoms with Gasteiger partial charge in [0.2, 0.25) is 0 Å². The zero-order valence-corrected chi connectivity index (χ0v) is 35.4. The molecule has 6 heterocycles. The molecule has 9 rings (SSSR count). The molecule has 2 N–H and O–H groups in total. The topological polar surface area (TPSA) is 111 Å². The van der Waals surface area contributed by atoms with Gasteiger partial charge in [0.15, 0.2) is 11.3 Å². The molecular formula is C46H49BrF3N9O2. The first kappa shape index (κ1) is 42.3. The Hall–Kier alpha value is -5.35. The van der Waals surface area contributed by atoms with Crippen LogP contribution < -0.4 is 15.2 Å². The van der Waals surface area contributed by atoms with Crippen molar-refractivity contribution in [3.63, 3.8) is 0 Å². The highest BCUT2D eigenvalue weighted by atomic mass is 79.9. The second-order valence-corrected chi connectivity index (χ2v) is 16.3. The summed E-state index contributed by atoms with van der Waals surface area (Å²) in [7, 11) is 0. The van der Waals surface area contributed by atoms with Gasteiger partial charge in [-0.05, 0) is 114 Å². The summed E-state index contributed by atoms with van der Waals surface area (Å²) < 4.78 is 54.8. The third-order valence-electron chi connectivity index (χ3n) is 11.2. The van der Waals surface area contributed by atoms with Gasteiger partial charge in [-0.25, -0.2) is 19.0 Å². The van der Waals surface area contributed by atoms with Crippen molar-refractivity contribution in [2.45, 2.75) is 50.7 Å². The molecule has 61 heavy (non-hydrogen) atoms. The van der Waals surface area contributed by atoms with Crippen molar-refractivity contribution in [2.24, 2.45) is 5.73 Å². The summed E-state index contributed by atoms with van der Waals surface area (Å²) in [5.41, 5.74) is 12.2. The highest BCUT2D eigenvalue weighted by molar-refractivity contribution is 9.10. The van der Waals surface area contributed by atoms with Crippen molar-refractivity contribution in [3.8, 4) is 44.9 Å². The van der Waals surface area contributed by atoms with E-state index < -0.39 is 12.2 Å². The van der Waals surface area contributed by atoms with Gasteiger partial charge in [-0.3, -0.25) is 9.80 Å². The Morgan fingerprint density at radius 1 is 0.574 bits per heavy atom. The Balaban J connectivity index is 0.000000180. The van der Waals surface area contributed by atoms with E-state index in [4.69, 9.17) is 15.2 Å². The molecule has 4 aromatic heterocycles. The fraction of sp³-hybridized carbons (Fsp3) is 0.348. The predicted molar refractivity (Wildman–Crippen MR) is 235 cm³/mol. The third kappa shape index (κ3) is 10.8. The van der Waals surface area contributed by atoms with E-state index in [-0.39, 0.29) is 5.56 Å². The molecule has 2 aliphatic rings. The molecule has 0 saturated carbocycles. The third-order valence-corrected chi connectivity index (χ3v) is 11.8. The van der Waals surface area contributed by atoms with E-state index in [1.807, 2.05) is 55.0 Å². The molecule has 318 valence electrons. The summed E-state index contributed by atoms with van der Waals surface area (Å²) in [5, 5.41) is 8.69. The highest BCUT2D eigenvalue weighted by Crippen LogP contribution is 2.33. The molecule has 1 atom stereocenters. The van der Waals surface area contributed by atoms with E-state index in [1.54, 1.807) is 39.8 Å². The number of hydrogen-bond donors (Lipinski definition) is 1. The molecular weight excluding hydrogens is 847 g/mol. The minimum atomic E-state index is -4.48. The summed E-state index contributed by atoms with van der Waals surface area (Å²) in [6.45, 7) is 8.11. The zero-order valence-electron chi connectivity index (χ0n) is 33.9. The van der Waals surface area contributed by atoms with Gasteiger partial charge in [-0.15, -0.1) is 0 Å². The van der Waals surface area contributed by atoms with Crippen LogP contribution in [0, 0.1) is 0 Å². The Morgan fingerprint density at radius 3 is 1.54 bits per heavy atom. The lowest BCUT2D eigenvalue weighted by molar-refractivity contribution is -0.149. The molecule has 3 aromatic carbocycles. The lowest BCUT2D eigenvalue weighted by Gasteiger charge is -2.26. The number of piperidine rings is 2. The van der Waals surface area contributed by atoms with Crippen molar-refractivity contribution in [1.29, 1.82) is 0 Å². The van der Waals surface area contributed by atoms with E-state index in [0.29, 0.717) is 12.3 Å². The Kier molecular flexibility index (Phi) is 13.6. The minimum Gasteiger partial charge on any atom is -0.492 e. The quantitative estimate of drug-likeness (QED) is 0.128. The lowest BCUT2D eigenvalue weighted by atomic mass is 10.0. The number of alkyl halides is 3. The normalized spacial score (nSPS) is 15.7. The first-order chi connectivity index (χ1) is 29.7. The average Bonchev–Trinajstić information content (AvgIpc) is 3.90. The first-order valence-corrected chi connectivity index (χ1v) is 21.6. The fourth-order valence-electron chi connectivity index (χ4n) is 7.72. The highest BCUT2D eigenvalue weighted by Gasteiger charge is 2.37. The molecule has 0 radical (unpaired) electrons. The van der Waals surface area contributed by atoms with Gasteiger partial charge in [-0.2, -0.15) is 23.4 Å². The number of halogens is 4. The van der Waals surface area contributed by atoms with Crippen molar-refractivity contribution in [3.05, 3.63) is 120 Å². The van der Waals surface area contributed by atoms with E-state index in [9.17, 15) is 13.2 Å². The van der Waals surface area contributed by atoms with Crippen molar-refractivity contribution in [2.75, 3.05) is 52.5 Å². The number of hydrogen-bond acceptors (Lipinski definition) is 9. The Bertz CT molecular complexity index is 2480. The van der Waals surface area contributed by atoms with Crippen LogP contribution in [0.15, 0.2) is 114 Å². The van der Waals surface area contributed by atoms with E-state index in [0.717, 1.165) is 87.8 Å². The SMILES string of the molecule is Brc1cnn2cc(-c3ccc(OCCN4CCCCC4)cc3)cnc12.NC(c1ccc(-c2cnn3cc(-c4ccc(OCCN5CCCCC5)cc4)cnc23)cc1)C(F)(F)F. The van der Waals surface area contributed by atoms with Gasteiger partial charge in [0.05, 0.1) is 16.9 Å². The van der Waals surface area contributed by atoms with E-state index in [2.05, 4.69) is 58.0 Å². The van der Waals surface area contributed by atoms with Gasteiger partial charge < -0.3 is 15.2 Å². The number of nitrogens with zero attached hydrogens (tertiary/aromatic N) is 8. The maximum Gasteiger partial charge on any atom is 0.407 e. The molecule has 7 aromatic rings. The van der Waals surface area contributed by atoms with Crippen LogP contribution in [-0.4, -0.2) is 97.7 Å². The number of aromatic nitrogens is 6. The van der Waals surface area contributed by atoms with Crippen LogP contribution in [0.5, 0.6) is 11.5 Å². The standard InChI is InChI=1S/C27H28F3N5O.C19H21BrN4O/c28-27(29,30)25(31)21-6-4-20(5-7-21)24-17-33-35-18-22(16-32-26(24)35)19-8-10-23(11-9-19)36-15-14-34-12-2-1-3-13-34;20-18-13-22-24-14-16(12-21-19(18)24)15-4-6-17(7-5-15)25-11-10-23-8-2-1-3-9-23/h4-11,16-18,25H,1-3,12-15,31H2;4-7,12-14H,1-3,8-11H2. The molecule has 2 fully saturated rings. The number of nitrogens with two attached hydrogens (primary N) is 1. The van der Waals surface area contributed by atoms with Gasteiger partial charge in [0.1, 0.15) is 30.8 Å². The largest absolute Gasteiger partial charge is 0.492 e. The fourth-order valence-corrected chi connectivity index (χ4v) is 8.10. The molecule has 0 amide bonds. The zero-order chi connectivity index (χ0) is 42.2. The summed E-state index contributed by atoms with van der Waals surface area (Å²) in [5.74, 6) is 1.75. The first-order valence-electron chi connectivity index (χ1n) is 20.8. The smallest absolute Gasteiger partial charge is 0.407 e. The van der Waals surface area contributed by atoms with Crippen molar-refractivity contribution >= 4 is 27.2 Å². The number of fused-ring (bicyclic) bond motifs is 2. The molecule has 15 heteroatoms. The van der Waals surface area contributed by atoms with Gasteiger partial charge in [0.25, 0.3) is 0 Å². The van der Waals surface area contributed by atoms with Gasteiger partial charge in [0, 0.05) is 54.6 Å². The summed E-state index contributed by atoms with van der Waals surface area (Å²) in [6, 6.07) is 20.1. The van der Waals surface area contributed by atoms with Gasteiger partial charge in [-0.1, -0.05) is 61.4 Å². The maximum absolute atomic E-state index is 12.9. The monoisotopic (exact) mass is 895 g/mol. The molecule has 0 bridgehead atoms. The molecule has 2 saturated heterocycles. The van der Waals surface area contributed by atoms with Crippen LogP contribution >= 0.6 is 15.9 Å². The van der Waals surface area contributed by atoms with Crippen molar-refractivity contribution < 1.29 is 22.6 Å². The number of benzene rings is 3. The van der Waals surface area contributed by atoms with Crippen LogP contribution in [0.4, 0.5) is 13.2 Å². The number of ether oxygens (including phenoxy) is 2. The van der Waals surface area contributed by atoms with E-state index in [1.165, 1.54) is 63.7 Å². The second kappa shape index (κ2) is 19.6. The summed E-state index contributed by atoms with van der Waals surface area (Å²) in [6.07, 6.45) is 14.3. The minimum absolute atomic E-state index is 0.0110. The lowest BCUT2D eigenvalue weighted by Crippen LogP contribution is -2.33. The number of rotatable bonds is 12. The predicted octanol–water partition coefficient (Wildman–Crippen LogP) is 9.51. The molecule has 11 nitrogen and oxygen atoms in total. The van der Waals surface area contributed by atoms with Crippen LogP contribution in [0.2, 0.25) is 0 Å². The van der Waals surface area contributed by atoms with Gasteiger partial charge >= 0.3 is 6.18 Å². The Morgan fingerprint density at radius 2 is 1.03 bits per heavy atom. The maximum atomic E-state index is 12.9. The van der Waals surface area contributed by atoms with E-state index >= 15 is 0 Å². The summed E-state index contributed by atoms with van der Waals surface area (Å²) in [4.78, 5) is 14.0. The molecule has 0 aliphatic carbocycles. The van der Waals surface area contributed by atoms with Crippen molar-refractivity contribution in [1.82, 2.24) is 39.0 Å². The average molecular weight is 897 g/mol. The second-order valence-electron chi connectivity index (χ2n) is 15.5. The number of likely N-dealkylation sites (tertiary alicyclic amines) is 2. The molecule has 0 spiro atoms. The van der Waals surface area contributed by atoms with Crippen LogP contribution in [-0.2, 0) is 0 Å². The molecule has 2 aliphatic heterocycles. The van der Waals surface area contributed by atoms with Crippen LogP contribution in [0.1, 0.15) is 50.1 Å². The summed E-state index contributed by atoms with van der Waals surface area (Å²) >= 11 is 3.44. The Labute approximate surface area is 361 Å². The van der Waals surface area contributed by atoms with Crippen LogP contribution in [0.3, 0.4) is 0 Å². The van der Waals surface area contributed by atoms with Crippen LogP contribution in [0.25, 0.3) is 44.7 Å².